The van der Waals surface area contributed by atoms with E-state index in [1.54, 1.807) is 11.1 Å². The number of ketones is 1. The number of nitrogen functional groups attached to an aromatic ring is 1. The fourth-order valence-corrected chi connectivity index (χ4v) is 7.14. The van der Waals surface area contributed by atoms with Crippen LogP contribution in [-0.4, -0.2) is 107 Å². The SMILES string of the molecule is Nc1nc2c(ncn2[C@@H]2O[C@H](OP(=O)(S)OC3[C@H](N4C=CN5CCN=C5C4=O)O[C@H](COP(=O)(O)S)[C@H]3O)CC2=O)c(=O)[nH]1. The van der Waals surface area contributed by atoms with Crippen LogP contribution in [0.4, 0.5) is 5.95 Å². The van der Waals surface area contributed by atoms with Crippen molar-refractivity contribution in [3.63, 3.8) is 0 Å². The number of hydrogen-bond donors (Lipinski definition) is 6. The number of aliphatic hydroxyl groups is 1. The molecule has 6 rings (SSSR count). The minimum absolute atomic E-state index is 0.0452. The van der Waals surface area contributed by atoms with Crippen LogP contribution in [0.2, 0.25) is 0 Å². The Bertz CT molecular complexity index is 1730. The lowest BCUT2D eigenvalue weighted by Gasteiger charge is -2.34. The average molecular weight is 695 g/mol. The summed E-state index contributed by atoms with van der Waals surface area (Å²) in [5.41, 5.74) is 4.82. The van der Waals surface area contributed by atoms with Gasteiger partial charge in [0, 0.05) is 18.9 Å². The second-order valence-corrected chi connectivity index (χ2v) is 15.3. The summed E-state index contributed by atoms with van der Waals surface area (Å²) in [5.74, 6) is -1.31. The number of H-pyrrole nitrogens is 1. The predicted octanol–water partition coefficient (Wildman–Crippen LogP) is -0.884. The van der Waals surface area contributed by atoms with Gasteiger partial charge in [-0.3, -0.25) is 47.4 Å². The molecule has 24 heteroatoms. The number of carbonyl (C=O) groups excluding carboxylic acids is 2. The number of hydrogen-bond acceptors (Lipinski definition) is 16. The zero-order valence-electron chi connectivity index (χ0n) is 22.1. The lowest BCUT2D eigenvalue weighted by molar-refractivity contribution is -0.140. The number of fused-ring (bicyclic) bond motifs is 2. The Labute approximate surface area is 256 Å². The van der Waals surface area contributed by atoms with Gasteiger partial charge in [-0.2, -0.15) is 4.98 Å². The van der Waals surface area contributed by atoms with Gasteiger partial charge >= 0.3 is 13.6 Å². The maximum atomic E-state index is 13.5. The van der Waals surface area contributed by atoms with Gasteiger partial charge in [0.05, 0.1) is 25.9 Å². The largest absolute Gasteiger partial charge is 0.388 e. The topological polar surface area (TPSA) is 263 Å². The normalized spacial score (nSPS) is 31.4. The second kappa shape index (κ2) is 11.6. The molecular weight excluding hydrogens is 670 g/mol. The number of rotatable bonds is 9. The number of thiol groups is 2. The summed E-state index contributed by atoms with van der Waals surface area (Å²) in [7, 11) is 0. The number of Topliss-reactive ketones (excluding diaryl/α,β-unsaturated/α-hetero) is 1. The van der Waals surface area contributed by atoms with E-state index in [2.05, 4.69) is 44.4 Å². The molecule has 0 bridgehead atoms. The number of nitrogens with one attached hydrogen (secondary N) is 1. The van der Waals surface area contributed by atoms with Crippen LogP contribution >= 0.6 is 38.1 Å². The van der Waals surface area contributed by atoms with E-state index >= 15 is 0 Å². The first-order valence-corrected chi connectivity index (χ1v) is 18.1. The molecule has 44 heavy (non-hydrogen) atoms. The highest BCUT2D eigenvalue weighted by atomic mass is 32.7. The molecule has 4 aliphatic heterocycles. The van der Waals surface area contributed by atoms with Gasteiger partial charge in [-0.15, -0.1) is 0 Å². The smallest absolute Gasteiger partial charge is 0.387 e. The number of nitrogens with zero attached hydrogens (tertiary/aromatic N) is 6. The van der Waals surface area contributed by atoms with E-state index in [0.717, 1.165) is 15.8 Å². The number of amides is 1. The number of amidine groups is 1. The van der Waals surface area contributed by atoms with Crippen LogP contribution in [0.25, 0.3) is 11.2 Å². The minimum atomic E-state index is -4.53. The predicted molar refractivity (Wildman–Crippen MR) is 153 cm³/mol. The number of aliphatic imine (C=N–C) groups is 1. The molecule has 8 atom stereocenters. The van der Waals surface area contributed by atoms with E-state index in [0.29, 0.717) is 13.1 Å². The van der Waals surface area contributed by atoms with E-state index in [4.69, 9.17) is 28.8 Å². The summed E-state index contributed by atoms with van der Waals surface area (Å²) in [6.45, 7) is -8.65. The van der Waals surface area contributed by atoms with E-state index in [9.17, 15) is 33.5 Å². The molecular formula is C20H24N8O12P2S2. The van der Waals surface area contributed by atoms with Crippen LogP contribution in [0.1, 0.15) is 12.6 Å². The molecule has 2 aromatic rings. The van der Waals surface area contributed by atoms with Crippen molar-refractivity contribution in [3.05, 3.63) is 29.1 Å². The molecule has 0 saturated carbocycles. The number of anilines is 1. The Kier molecular flexibility index (Phi) is 8.29. The van der Waals surface area contributed by atoms with Gasteiger partial charge in [-0.1, -0.05) is 24.5 Å². The molecule has 1 amide bonds. The minimum Gasteiger partial charge on any atom is -0.387 e. The first kappa shape index (κ1) is 31.4. The van der Waals surface area contributed by atoms with Crippen molar-refractivity contribution in [1.29, 1.82) is 0 Å². The summed E-state index contributed by atoms with van der Waals surface area (Å²) in [5, 5.41) is 11.0. The highest BCUT2D eigenvalue weighted by Crippen LogP contribution is 2.58. The standard InChI is InChI=1S/C20H24N8O12P2S2/c21-20-24-14-11(16(31)25-20)23-7-28(14)18-8(29)5-10(38-18)39-42(35,44)40-13-12(30)9(6-36-41(33,34)43)37-19(13)27-4-3-26-2-1-22-15(26)17(27)32/h3-4,7,9-10,12-13,18-19,30H,1-2,5-6H2,(H,35,44)(H2,33,34,43)(H3,21,24,25,31)/t9-,10-,12-,13?,18-,19-,42?/m1/s1. The first-order chi connectivity index (χ1) is 20.7. The Morgan fingerprint density at radius 1 is 1.18 bits per heavy atom. The zero-order chi connectivity index (χ0) is 31.6. The maximum absolute atomic E-state index is 13.5. The third kappa shape index (κ3) is 6.12. The number of imidazole rings is 1. The zero-order valence-corrected chi connectivity index (χ0v) is 25.6. The average Bonchev–Trinajstić information content (AvgIpc) is 3.70. The maximum Gasteiger partial charge on any atom is 0.388 e. The lowest BCUT2D eigenvalue weighted by Crippen LogP contribution is -2.51. The lowest BCUT2D eigenvalue weighted by atomic mass is 10.1. The van der Waals surface area contributed by atoms with E-state index in [-0.39, 0.29) is 22.9 Å². The molecule has 2 fully saturated rings. The number of aromatic amines is 1. The fourth-order valence-electron chi connectivity index (χ4n) is 4.95. The molecule has 20 nitrogen and oxygen atoms in total. The van der Waals surface area contributed by atoms with Crippen LogP contribution in [0.5, 0.6) is 0 Å². The molecule has 4 aliphatic rings. The van der Waals surface area contributed by atoms with Gasteiger partial charge < -0.3 is 30.1 Å². The third-order valence-corrected chi connectivity index (χ3v) is 9.24. The van der Waals surface area contributed by atoms with Gasteiger partial charge in [0.2, 0.25) is 5.95 Å². The van der Waals surface area contributed by atoms with E-state index in [1.807, 2.05) is 0 Å². The van der Waals surface area contributed by atoms with Gasteiger partial charge in [0.1, 0.15) is 18.3 Å². The number of carbonyl (C=O) groups is 2. The number of nitrogens with two attached hydrogens (primary N) is 1. The van der Waals surface area contributed by atoms with Crippen molar-refractivity contribution in [2.24, 2.45) is 4.99 Å². The van der Waals surface area contributed by atoms with Gasteiger partial charge in [0.25, 0.3) is 11.5 Å². The van der Waals surface area contributed by atoms with Crippen LogP contribution < -0.4 is 11.3 Å². The third-order valence-electron chi connectivity index (χ3n) is 6.83. The molecule has 5 N–H and O–H groups in total. The van der Waals surface area contributed by atoms with Crippen LogP contribution in [0.15, 0.2) is 28.5 Å². The number of aliphatic hydroxyl groups excluding tert-OH is 1. The molecule has 6 heterocycles. The van der Waals surface area contributed by atoms with E-state index in [1.165, 1.54) is 6.20 Å². The Hall–Kier alpha value is -2.62. The Morgan fingerprint density at radius 3 is 2.70 bits per heavy atom. The second-order valence-electron chi connectivity index (χ2n) is 9.76. The molecule has 2 saturated heterocycles. The van der Waals surface area contributed by atoms with Gasteiger partial charge in [0.15, 0.2) is 41.5 Å². The molecule has 238 valence electrons. The van der Waals surface area contributed by atoms with Crippen molar-refractivity contribution in [2.75, 3.05) is 25.4 Å². The molecule has 0 aliphatic carbocycles. The van der Waals surface area contributed by atoms with Crippen molar-refractivity contribution >= 4 is 72.7 Å². The molecule has 0 radical (unpaired) electrons. The summed E-state index contributed by atoms with van der Waals surface area (Å²) >= 11 is 7.42. The molecule has 2 aromatic heterocycles. The highest BCUT2D eigenvalue weighted by molar-refractivity contribution is 8.44. The number of ether oxygens (including phenoxy) is 2. The van der Waals surface area contributed by atoms with Crippen molar-refractivity contribution < 1.29 is 51.8 Å². The van der Waals surface area contributed by atoms with Gasteiger partial charge in [-0.25, -0.2) is 14.1 Å². The quantitative estimate of drug-likeness (QED) is 0.137. The molecule has 3 unspecified atom stereocenters. The fraction of sp³-hybridized carbons (Fsp3) is 0.500. The summed E-state index contributed by atoms with van der Waals surface area (Å²) < 4.78 is 53.3. The monoisotopic (exact) mass is 694 g/mol. The van der Waals surface area contributed by atoms with Crippen molar-refractivity contribution in [3.8, 4) is 0 Å². The molecule has 0 aromatic carbocycles. The van der Waals surface area contributed by atoms with Crippen LogP contribution in [0, 0.1) is 0 Å². The first-order valence-electron chi connectivity index (χ1n) is 12.7. The van der Waals surface area contributed by atoms with Crippen molar-refractivity contribution in [2.45, 2.75) is 43.5 Å². The van der Waals surface area contributed by atoms with Crippen molar-refractivity contribution in [1.82, 2.24) is 29.3 Å². The Balaban J connectivity index is 1.20. The van der Waals surface area contributed by atoms with Crippen LogP contribution in [0.3, 0.4) is 0 Å². The highest BCUT2D eigenvalue weighted by Gasteiger charge is 2.53. The summed E-state index contributed by atoms with van der Waals surface area (Å²) in [4.78, 5) is 64.5. The number of aromatic nitrogens is 4. The molecule has 0 spiro atoms. The summed E-state index contributed by atoms with van der Waals surface area (Å²) in [6.07, 6.45) is -5.40. The van der Waals surface area contributed by atoms with Gasteiger partial charge in [-0.05, 0) is 0 Å². The summed E-state index contributed by atoms with van der Waals surface area (Å²) in [6, 6.07) is 0. The van der Waals surface area contributed by atoms with E-state index < -0.39 is 80.9 Å². The Morgan fingerprint density at radius 2 is 1.95 bits per heavy atom. The van der Waals surface area contributed by atoms with Crippen LogP contribution in [-0.2, 0) is 41.8 Å².